The Morgan fingerprint density at radius 3 is 2.80 bits per heavy atom. The van der Waals surface area contributed by atoms with Gasteiger partial charge < -0.3 is 5.73 Å². The molecule has 0 radical (unpaired) electrons. The van der Waals surface area contributed by atoms with Crippen LogP contribution in [0.25, 0.3) is 0 Å². The number of rotatable bonds is 3. The Bertz CT molecular complexity index is 412. The predicted molar refractivity (Wildman–Crippen MR) is 66.5 cm³/mol. The van der Waals surface area contributed by atoms with Crippen LogP contribution in [0.4, 0.5) is 0 Å². The molecule has 80 valence electrons. The number of hydrogen-bond donors (Lipinski definition) is 1. The third kappa shape index (κ3) is 2.45. The van der Waals surface area contributed by atoms with Crippen molar-refractivity contribution in [3.63, 3.8) is 0 Å². The fourth-order valence-electron chi connectivity index (χ4n) is 1.43. The molecule has 0 aliphatic carbocycles. The summed E-state index contributed by atoms with van der Waals surface area (Å²) < 4.78 is 0. The second-order valence-electron chi connectivity index (χ2n) is 3.62. The quantitative estimate of drug-likeness (QED) is 0.892. The molecule has 0 aromatic carbocycles. The van der Waals surface area contributed by atoms with E-state index in [9.17, 15) is 0 Å². The van der Waals surface area contributed by atoms with Gasteiger partial charge in [-0.05, 0) is 25.5 Å². The van der Waals surface area contributed by atoms with E-state index in [0.29, 0.717) is 0 Å². The lowest BCUT2D eigenvalue weighted by Gasteiger charge is -2.06. The molecule has 0 saturated heterocycles. The maximum absolute atomic E-state index is 6.15. The lowest BCUT2D eigenvalue weighted by molar-refractivity contribution is 0.732. The van der Waals surface area contributed by atoms with E-state index in [1.54, 1.807) is 22.7 Å². The molecule has 2 nitrogen and oxygen atoms in total. The molecule has 2 heterocycles. The molecule has 15 heavy (non-hydrogen) atoms. The molecule has 2 N–H and O–H groups in total. The van der Waals surface area contributed by atoms with Crippen molar-refractivity contribution in [2.45, 2.75) is 26.3 Å². The second kappa shape index (κ2) is 4.43. The Balaban J connectivity index is 2.11. The highest BCUT2D eigenvalue weighted by Crippen LogP contribution is 2.27. The van der Waals surface area contributed by atoms with E-state index in [-0.39, 0.29) is 6.04 Å². The molecule has 0 amide bonds. The molecular formula is C11H14N2S2. The lowest BCUT2D eigenvalue weighted by Crippen LogP contribution is -2.11. The smallest absolute Gasteiger partial charge is 0.0944 e. The molecule has 2 aromatic rings. The van der Waals surface area contributed by atoms with E-state index >= 15 is 0 Å². The van der Waals surface area contributed by atoms with Crippen LogP contribution in [0, 0.1) is 13.8 Å². The van der Waals surface area contributed by atoms with Crippen LogP contribution >= 0.6 is 22.7 Å². The summed E-state index contributed by atoms with van der Waals surface area (Å²) in [7, 11) is 0. The van der Waals surface area contributed by atoms with Crippen LogP contribution < -0.4 is 5.73 Å². The van der Waals surface area contributed by atoms with Gasteiger partial charge in [0.1, 0.15) is 0 Å². The van der Waals surface area contributed by atoms with Gasteiger partial charge in [0.05, 0.1) is 5.01 Å². The molecular weight excluding hydrogens is 224 g/mol. The monoisotopic (exact) mass is 238 g/mol. The van der Waals surface area contributed by atoms with Crippen LogP contribution in [0.2, 0.25) is 0 Å². The number of nitrogens with two attached hydrogens (primary N) is 1. The Morgan fingerprint density at radius 1 is 1.47 bits per heavy atom. The van der Waals surface area contributed by atoms with Gasteiger partial charge >= 0.3 is 0 Å². The van der Waals surface area contributed by atoms with Gasteiger partial charge in [0.2, 0.25) is 0 Å². The number of aryl methyl sites for hydroxylation is 2. The Labute approximate surface area is 97.8 Å². The molecule has 1 unspecified atom stereocenters. The van der Waals surface area contributed by atoms with Crippen molar-refractivity contribution in [1.82, 2.24) is 4.98 Å². The molecule has 0 aliphatic rings. The van der Waals surface area contributed by atoms with Crippen LogP contribution in [0.1, 0.15) is 26.4 Å². The topological polar surface area (TPSA) is 38.9 Å². The number of thiazole rings is 1. The zero-order valence-electron chi connectivity index (χ0n) is 8.86. The second-order valence-corrected chi connectivity index (χ2v) is 5.89. The van der Waals surface area contributed by atoms with Crippen molar-refractivity contribution in [2.75, 3.05) is 0 Å². The van der Waals surface area contributed by atoms with Crippen molar-refractivity contribution in [1.29, 1.82) is 0 Å². The first-order valence-electron chi connectivity index (χ1n) is 4.87. The Morgan fingerprint density at radius 2 is 2.27 bits per heavy atom. The van der Waals surface area contributed by atoms with Crippen LogP contribution in [0.15, 0.2) is 17.6 Å². The van der Waals surface area contributed by atoms with Gasteiger partial charge in [0.25, 0.3) is 0 Å². The van der Waals surface area contributed by atoms with Crippen molar-refractivity contribution in [2.24, 2.45) is 5.73 Å². The normalized spacial score (nSPS) is 13.0. The fraction of sp³-hybridized carbons (Fsp3) is 0.364. The van der Waals surface area contributed by atoms with E-state index in [1.807, 2.05) is 11.6 Å². The van der Waals surface area contributed by atoms with Gasteiger partial charge in [0, 0.05) is 33.8 Å². The highest BCUT2D eigenvalue weighted by Gasteiger charge is 2.12. The maximum Gasteiger partial charge on any atom is 0.0944 e. The average molecular weight is 238 g/mol. The Hall–Kier alpha value is -0.710. The van der Waals surface area contributed by atoms with E-state index in [2.05, 4.69) is 24.9 Å². The van der Waals surface area contributed by atoms with Crippen molar-refractivity contribution < 1.29 is 0 Å². The van der Waals surface area contributed by atoms with Crippen LogP contribution in [-0.2, 0) is 6.42 Å². The average Bonchev–Trinajstić information content (AvgIpc) is 2.78. The minimum Gasteiger partial charge on any atom is -0.323 e. The zero-order valence-corrected chi connectivity index (χ0v) is 10.5. The van der Waals surface area contributed by atoms with Gasteiger partial charge in [0.15, 0.2) is 0 Å². The summed E-state index contributed by atoms with van der Waals surface area (Å²) in [5, 5.41) is 3.11. The molecule has 1 atom stereocenters. The van der Waals surface area contributed by atoms with Crippen molar-refractivity contribution in [3.05, 3.63) is 38.0 Å². The molecule has 2 rings (SSSR count). The summed E-state index contributed by atoms with van der Waals surface area (Å²) in [5.41, 5.74) is 7.48. The van der Waals surface area contributed by atoms with Gasteiger partial charge in [-0.1, -0.05) is 0 Å². The third-order valence-electron chi connectivity index (χ3n) is 2.43. The van der Waals surface area contributed by atoms with E-state index in [0.717, 1.165) is 11.4 Å². The van der Waals surface area contributed by atoms with E-state index < -0.39 is 0 Å². The summed E-state index contributed by atoms with van der Waals surface area (Å²) in [6.07, 6.45) is 2.68. The number of nitrogens with zero attached hydrogens (tertiary/aromatic N) is 1. The summed E-state index contributed by atoms with van der Waals surface area (Å²) in [6, 6.07) is 2.28. The van der Waals surface area contributed by atoms with Crippen LogP contribution in [0.5, 0.6) is 0 Å². The first-order valence-corrected chi connectivity index (χ1v) is 6.57. The largest absolute Gasteiger partial charge is 0.323 e. The van der Waals surface area contributed by atoms with Crippen LogP contribution in [-0.4, -0.2) is 4.98 Å². The number of aromatic nitrogens is 1. The van der Waals surface area contributed by atoms with Gasteiger partial charge in [-0.3, -0.25) is 0 Å². The zero-order chi connectivity index (χ0) is 10.8. The summed E-state index contributed by atoms with van der Waals surface area (Å²) in [4.78, 5) is 6.88. The minimum atomic E-state index is 0.0912. The van der Waals surface area contributed by atoms with Crippen molar-refractivity contribution >= 4 is 22.7 Å². The first-order chi connectivity index (χ1) is 7.16. The standard InChI is InChI=1S/C11H14N2S2/c1-7-5-10(15-8(7)2)9(12)6-11-13-3-4-14-11/h3-5,9H,6,12H2,1-2H3. The summed E-state index contributed by atoms with van der Waals surface area (Å²) >= 11 is 3.47. The third-order valence-corrected chi connectivity index (χ3v) is 4.51. The molecule has 0 bridgehead atoms. The molecule has 0 aliphatic heterocycles. The molecule has 0 saturated carbocycles. The van der Waals surface area contributed by atoms with Crippen LogP contribution in [0.3, 0.4) is 0 Å². The molecule has 2 aromatic heterocycles. The highest BCUT2D eigenvalue weighted by molar-refractivity contribution is 7.12. The van der Waals surface area contributed by atoms with Crippen molar-refractivity contribution in [3.8, 4) is 0 Å². The number of thiophene rings is 1. The fourth-order valence-corrected chi connectivity index (χ4v) is 3.15. The Kier molecular flexibility index (Phi) is 3.19. The molecule has 4 heteroatoms. The highest BCUT2D eigenvalue weighted by atomic mass is 32.1. The summed E-state index contributed by atoms with van der Waals surface area (Å²) in [6.45, 7) is 4.27. The van der Waals surface area contributed by atoms with Gasteiger partial charge in [-0.2, -0.15) is 0 Å². The minimum absolute atomic E-state index is 0.0912. The molecule has 0 fully saturated rings. The van der Waals surface area contributed by atoms with E-state index in [4.69, 9.17) is 5.73 Å². The van der Waals surface area contributed by atoms with Gasteiger partial charge in [-0.15, -0.1) is 22.7 Å². The maximum atomic E-state index is 6.15. The first kappa shape index (κ1) is 10.8. The SMILES string of the molecule is Cc1cc(C(N)Cc2nccs2)sc1C. The summed E-state index contributed by atoms with van der Waals surface area (Å²) in [5.74, 6) is 0. The predicted octanol–water partition coefficient (Wildman–Crippen LogP) is 3.06. The lowest BCUT2D eigenvalue weighted by atomic mass is 10.1. The number of hydrogen-bond acceptors (Lipinski definition) is 4. The van der Waals surface area contributed by atoms with E-state index in [1.165, 1.54) is 15.3 Å². The molecule has 0 spiro atoms. The van der Waals surface area contributed by atoms with Gasteiger partial charge in [-0.25, -0.2) is 4.98 Å².